The molecule has 0 amide bonds. The van der Waals surface area contributed by atoms with Crippen LogP contribution in [0.5, 0.6) is 0 Å². The van der Waals surface area contributed by atoms with Gasteiger partial charge in [-0.3, -0.25) is 0 Å². The summed E-state index contributed by atoms with van der Waals surface area (Å²) in [5, 5.41) is 7.62. The van der Waals surface area contributed by atoms with E-state index < -0.39 is 0 Å². The molecule has 1 aromatic rings. The number of esters is 1. The van der Waals surface area contributed by atoms with Gasteiger partial charge >= 0.3 is 5.97 Å². The molecule has 0 bridgehead atoms. The number of hydrogen-bond donors (Lipinski definition) is 2. The molecule has 1 aromatic heterocycles. The van der Waals surface area contributed by atoms with Gasteiger partial charge in [0.05, 0.1) is 17.7 Å². The molecule has 2 rings (SSSR count). The van der Waals surface area contributed by atoms with Crippen LogP contribution >= 0.6 is 23.6 Å². The summed E-state index contributed by atoms with van der Waals surface area (Å²) in [5.74, 6) is -0.286. The van der Waals surface area contributed by atoms with Crippen molar-refractivity contribution in [2.24, 2.45) is 0 Å². The Morgan fingerprint density at radius 2 is 2.43 bits per heavy atom. The van der Waals surface area contributed by atoms with Crippen molar-refractivity contribution in [1.29, 1.82) is 0 Å². The molecule has 116 valence electrons. The van der Waals surface area contributed by atoms with Gasteiger partial charge in [-0.15, -0.1) is 11.3 Å². The molecule has 1 aliphatic heterocycles. The Morgan fingerprint density at radius 3 is 3.10 bits per heavy atom. The van der Waals surface area contributed by atoms with E-state index in [-0.39, 0.29) is 12.1 Å². The number of rotatable bonds is 5. The zero-order chi connectivity index (χ0) is 15.2. The number of carbonyl (C=O) groups excluding carboxylic acids is 1. The minimum atomic E-state index is -0.286. The van der Waals surface area contributed by atoms with E-state index in [1.807, 2.05) is 13.0 Å². The number of anilines is 1. The van der Waals surface area contributed by atoms with E-state index in [2.05, 4.69) is 10.6 Å². The molecular formula is C14H20N2O3S2. The molecule has 0 aliphatic carbocycles. The van der Waals surface area contributed by atoms with Crippen molar-refractivity contribution >= 4 is 39.6 Å². The van der Waals surface area contributed by atoms with Crippen molar-refractivity contribution in [3.05, 3.63) is 16.5 Å². The van der Waals surface area contributed by atoms with Crippen molar-refractivity contribution in [3.8, 4) is 0 Å². The number of aryl methyl sites for hydroxylation is 1. The molecule has 5 nitrogen and oxygen atoms in total. The smallest absolute Gasteiger partial charge is 0.348 e. The monoisotopic (exact) mass is 328 g/mol. The molecule has 1 aliphatic rings. The van der Waals surface area contributed by atoms with Gasteiger partial charge in [0.25, 0.3) is 0 Å². The number of thiophene rings is 1. The molecule has 0 radical (unpaired) electrons. The third kappa shape index (κ3) is 4.66. The maximum atomic E-state index is 11.8. The second-order valence-corrected chi connectivity index (χ2v) is 6.27. The van der Waals surface area contributed by atoms with E-state index in [1.165, 1.54) is 11.3 Å². The van der Waals surface area contributed by atoms with E-state index in [0.717, 1.165) is 30.0 Å². The highest BCUT2D eigenvalue weighted by atomic mass is 32.1. The normalized spacial score (nSPS) is 17.5. The van der Waals surface area contributed by atoms with Crippen LogP contribution in [0.4, 0.5) is 5.00 Å². The number of nitrogens with one attached hydrogen (secondary N) is 2. The second kappa shape index (κ2) is 7.72. The van der Waals surface area contributed by atoms with E-state index in [9.17, 15) is 4.79 Å². The summed E-state index contributed by atoms with van der Waals surface area (Å²) in [6, 6.07) is 1.90. The fourth-order valence-corrected chi connectivity index (χ4v) is 3.34. The zero-order valence-electron chi connectivity index (χ0n) is 12.2. The first-order valence-electron chi connectivity index (χ1n) is 7.04. The molecular weight excluding hydrogens is 308 g/mol. The Morgan fingerprint density at radius 1 is 1.62 bits per heavy atom. The van der Waals surface area contributed by atoms with Crippen LogP contribution in [-0.2, 0) is 9.47 Å². The Hall–Kier alpha value is -1.18. The molecule has 1 atom stereocenters. The average molecular weight is 328 g/mol. The average Bonchev–Trinajstić information content (AvgIpc) is 3.06. The van der Waals surface area contributed by atoms with Gasteiger partial charge in [-0.2, -0.15) is 0 Å². The number of hydrogen-bond acceptors (Lipinski definition) is 5. The van der Waals surface area contributed by atoms with E-state index in [1.54, 1.807) is 6.92 Å². The fraction of sp³-hybridized carbons (Fsp3) is 0.571. The minimum Gasteiger partial charge on any atom is -0.462 e. The van der Waals surface area contributed by atoms with Crippen LogP contribution in [0.2, 0.25) is 0 Å². The molecule has 0 saturated carbocycles. The summed E-state index contributed by atoms with van der Waals surface area (Å²) in [7, 11) is 0. The number of carbonyl (C=O) groups is 1. The topological polar surface area (TPSA) is 59.6 Å². The molecule has 7 heteroatoms. The maximum Gasteiger partial charge on any atom is 0.348 e. The molecule has 1 fully saturated rings. The zero-order valence-corrected chi connectivity index (χ0v) is 13.9. The predicted molar refractivity (Wildman–Crippen MR) is 88.2 cm³/mol. The first kappa shape index (κ1) is 16.2. The molecule has 0 aromatic carbocycles. The predicted octanol–water partition coefficient (Wildman–Crippen LogP) is 2.70. The highest BCUT2D eigenvalue weighted by molar-refractivity contribution is 7.80. The molecule has 0 spiro atoms. The second-order valence-electron chi connectivity index (χ2n) is 4.81. The maximum absolute atomic E-state index is 11.8. The van der Waals surface area contributed by atoms with Crippen molar-refractivity contribution in [2.75, 3.05) is 25.1 Å². The Bertz CT molecular complexity index is 510. The summed E-state index contributed by atoms with van der Waals surface area (Å²) in [4.78, 5) is 12.4. The van der Waals surface area contributed by atoms with Crippen LogP contribution in [0.15, 0.2) is 6.07 Å². The summed E-state index contributed by atoms with van der Waals surface area (Å²) < 4.78 is 10.5. The van der Waals surface area contributed by atoms with Crippen molar-refractivity contribution in [2.45, 2.75) is 32.8 Å². The van der Waals surface area contributed by atoms with E-state index >= 15 is 0 Å². The quantitative estimate of drug-likeness (QED) is 0.640. The largest absolute Gasteiger partial charge is 0.462 e. The summed E-state index contributed by atoms with van der Waals surface area (Å²) >= 11 is 6.60. The van der Waals surface area contributed by atoms with Crippen LogP contribution < -0.4 is 10.6 Å². The highest BCUT2D eigenvalue weighted by Gasteiger charge is 2.17. The first-order valence-corrected chi connectivity index (χ1v) is 8.26. The third-order valence-electron chi connectivity index (χ3n) is 3.13. The molecule has 1 unspecified atom stereocenters. The Labute approximate surface area is 134 Å². The lowest BCUT2D eigenvalue weighted by molar-refractivity contribution is 0.0531. The van der Waals surface area contributed by atoms with Gasteiger partial charge < -0.3 is 20.1 Å². The van der Waals surface area contributed by atoms with E-state index in [0.29, 0.717) is 23.1 Å². The van der Waals surface area contributed by atoms with Gasteiger partial charge in [-0.05, 0) is 50.5 Å². The van der Waals surface area contributed by atoms with Gasteiger partial charge in [-0.1, -0.05) is 0 Å². The van der Waals surface area contributed by atoms with Gasteiger partial charge in [0.15, 0.2) is 5.11 Å². The molecule has 1 saturated heterocycles. The van der Waals surface area contributed by atoms with Crippen LogP contribution in [0.1, 0.15) is 35.0 Å². The van der Waals surface area contributed by atoms with Crippen LogP contribution in [0, 0.1) is 6.92 Å². The highest BCUT2D eigenvalue weighted by Crippen LogP contribution is 2.27. The summed E-state index contributed by atoms with van der Waals surface area (Å²) in [5.41, 5.74) is 0.892. The SMILES string of the molecule is CCOC(=O)c1sc(NC(=S)NCC2CCCO2)cc1C. The summed E-state index contributed by atoms with van der Waals surface area (Å²) in [6.07, 6.45) is 2.42. The van der Waals surface area contributed by atoms with Crippen LogP contribution in [0.3, 0.4) is 0 Å². The fourth-order valence-electron chi connectivity index (χ4n) is 2.11. The minimum absolute atomic E-state index is 0.241. The lowest BCUT2D eigenvalue weighted by atomic mass is 10.2. The first-order chi connectivity index (χ1) is 10.1. The van der Waals surface area contributed by atoms with Crippen molar-refractivity contribution < 1.29 is 14.3 Å². The van der Waals surface area contributed by atoms with Gasteiger partial charge in [0.1, 0.15) is 4.88 Å². The van der Waals surface area contributed by atoms with Crippen LogP contribution in [0.25, 0.3) is 0 Å². The Kier molecular flexibility index (Phi) is 5.96. The van der Waals surface area contributed by atoms with Crippen molar-refractivity contribution in [3.63, 3.8) is 0 Å². The van der Waals surface area contributed by atoms with E-state index in [4.69, 9.17) is 21.7 Å². The van der Waals surface area contributed by atoms with Gasteiger partial charge in [0.2, 0.25) is 0 Å². The summed E-state index contributed by atoms with van der Waals surface area (Å²) in [6.45, 7) is 5.60. The lowest BCUT2D eigenvalue weighted by Crippen LogP contribution is -2.34. The third-order valence-corrected chi connectivity index (χ3v) is 4.51. The lowest BCUT2D eigenvalue weighted by Gasteiger charge is -2.13. The number of thiocarbonyl (C=S) groups is 1. The van der Waals surface area contributed by atoms with Crippen LogP contribution in [-0.4, -0.2) is 36.9 Å². The molecule has 21 heavy (non-hydrogen) atoms. The molecule has 2 N–H and O–H groups in total. The number of ether oxygens (including phenoxy) is 2. The van der Waals surface area contributed by atoms with Gasteiger partial charge in [-0.25, -0.2) is 4.79 Å². The van der Waals surface area contributed by atoms with Crippen molar-refractivity contribution in [1.82, 2.24) is 5.32 Å². The standard InChI is InChI=1S/C14H20N2O3S2/c1-3-18-13(17)12-9(2)7-11(21-12)16-14(20)15-8-10-5-4-6-19-10/h7,10H,3-6,8H2,1-2H3,(H2,15,16,20). The molecule has 2 heterocycles. The Balaban J connectivity index is 1.85. The van der Waals surface area contributed by atoms with Gasteiger partial charge in [0, 0.05) is 13.2 Å².